The molecule has 0 aliphatic carbocycles. The van der Waals surface area contributed by atoms with E-state index in [4.69, 9.17) is 4.74 Å². The minimum Gasteiger partial charge on any atom is -0.478 e. The summed E-state index contributed by atoms with van der Waals surface area (Å²) in [5, 5.41) is 9.69. The normalized spacial score (nSPS) is 16.8. The van der Waals surface area contributed by atoms with Gasteiger partial charge in [-0.3, -0.25) is 0 Å². The molecule has 4 nitrogen and oxygen atoms in total. The molecule has 1 atom stereocenters. The molecule has 0 fully saturated rings. The summed E-state index contributed by atoms with van der Waals surface area (Å²) in [6, 6.07) is 7.53. The molecule has 1 N–H and O–H groups in total. The fraction of sp³-hybridized carbons (Fsp3) is 0.286. The van der Waals surface area contributed by atoms with E-state index in [1.165, 1.54) is 30.2 Å². The van der Waals surface area contributed by atoms with Crippen molar-refractivity contribution >= 4 is 17.2 Å². The third kappa shape index (κ3) is 3.85. The minimum atomic E-state index is -4.56. The molecule has 1 unspecified atom stereocenters. The lowest BCUT2D eigenvalue weighted by Crippen LogP contribution is -2.43. The standard InChI is InChI=1S/C21H19F4NO3/c1-11-8-13(4-7-16(11)22)10-26-17-9-14(21(23,24)25)5-6-15(17)12(2)18(20(27)28)19(26)29-3/h4-9,19H,10H2,1-3H3,(H,27,28). The summed E-state index contributed by atoms with van der Waals surface area (Å²) in [7, 11) is 1.29. The van der Waals surface area contributed by atoms with E-state index in [1.807, 2.05) is 0 Å². The summed E-state index contributed by atoms with van der Waals surface area (Å²) in [6.07, 6.45) is -5.66. The Balaban J connectivity index is 2.19. The lowest BCUT2D eigenvalue weighted by atomic mass is 9.91. The molecule has 154 valence electrons. The van der Waals surface area contributed by atoms with Crippen LogP contribution in [0.3, 0.4) is 0 Å². The van der Waals surface area contributed by atoms with Gasteiger partial charge in [0.1, 0.15) is 5.82 Å². The summed E-state index contributed by atoms with van der Waals surface area (Å²) in [4.78, 5) is 13.3. The Morgan fingerprint density at radius 1 is 1.17 bits per heavy atom. The van der Waals surface area contributed by atoms with Crippen molar-refractivity contribution in [2.45, 2.75) is 32.8 Å². The summed E-state index contributed by atoms with van der Waals surface area (Å²) >= 11 is 0. The molecule has 8 heteroatoms. The fourth-order valence-electron chi connectivity index (χ4n) is 3.56. The Labute approximate surface area is 165 Å². The number of ether oxygens (including phenoxy) is 1. The van der Waals surface area contributed by atoms with E-state index in [9.17, 15) is 27.5 Å². The van der Waals surface area contributed by atoms with Gasteiger partial charge in [0.15, 0.2) is 6.23 Å². The molecule has 0 saturated carbocycles. The Hall–Kier alpha value is -2.87. The number of nitrogens with zero attached hydrogens (tertiary/aromatic N) is 1. The average Bonchev–Trinajstić information content (AvgIpc) is 2.65. The lowest BCUT2D eigenvalue weighted by Gasteiger charge is -2.39. The topological polar surface area (TPSA) is 49.8 Å². The third-order valence-electron chi connectivity index (χ3n) is 5.00. The number of rotatable bonds is 4. The number of hydrogen-bond acceptors (Lipinski definition) is 3. The second kappa shape index (κ2) is 7.51. The summed E-state index contributed by atoms with van der Waals surface area (Å²) in [5.41, 5.74) is 0.997. The zero-order valence-corrected chi connectivity index (χ0v) is 16.0. The van der Waals surface area contributed by atoms with Crippen LogP contribution < -0.4 is 4.90 Å². The van der Waals surface area contributed by atoms with Crippen molar-refractivity contribution in [2.24, 2.45) is 0 Å². The van der Waals surface area contributed by atoms with E-state index in [0.717, 1.165) is 12.1 Å². The van der Waals surface area contributed by atoms with Crippen LogP contribution in [0.5, 0.6) is 0 Å². The third-order valence-corrected chi connectivity index (χ3v) is 5.00. The second-order valence-electron chi connectivity index (χ2n) is 6.87. The Morgan fingerprint density at radius 2 is 1.86 bits per heavy atom. The Kier molecular flexibility index (Phi) is 5.40. The van der Waals surface area contributed by atoms with E-state index >= 15 is 0 Å². The summed E-state index contributed by atoms with van der Waals surface area (Å²) < 4.78 is 58.9. The molecule has 0 amide bonds. The number of carboxylic acid groups (broad SMARTS) is 1. The van der Waals surface area contributed by atoms with Gasteiger partial charge in [-0.05, 0) is 48.7 Å². The van der Waals surface area contributed by atoms with Crippen molar-refractivity contribution < 1.29 is 32.2 Å². The SMILES string of the molecule is COC1C(C(=O)O)=C(C)c2ccc(C(F)(F)F)cc2N1Cc1ccc(F)c(C)c1. The van der Waals surface area contributed by atoms with Gasteiger partial charge in [0.05, 0.1) is 11.1 Å². The van der Waals surface area contributed by atoms with Crippen LogP contribution in [-0.4, -0.2) is 24.4 Å². The van der Waals surface area contributed by atoms with Gasteiger partial charge in [-0.2, -0.15) is 13.2 Å². The van der Waals surface area contributed by atoms with Gasteiger partial charge >= 0.3 is 12.1 Å². The van der Waals surface area contributed by atoms with Crippen LogP contribution in [-0.2, 0) is 22.3 Å². The van der Waals surface area contributed by atoms with E-state index in [1.54, 1.807) is 19.9 Å². The predicted octanol–water partition coefficient (Wildman–Crippen LogP) is 5.00. The zero-order chi connectivity index (χ0) is 21.5. The van der Waals surface area contributed by atoms with Gasteiger partial charge in [0.25, 0.3) is 0 Å². The largest absolute Gasteiger partial charge is 0.478 e. The molecule has 0 bridgehead atoms. The first-order valence-electron chi connectivity index (χ1n) is 8.74. The van der Waals surface area contributed by atoms with Gasteiger partial charge in [0, 0.05) is 24.9 Å². The molecule has 2 aromatic carbocycles. The number of alkyl halides is 3. The molecule has 1 aliphatic rings. The highest BCUT2D eigenvalue weighted by Gasteiger charge is 2.38. The predicted molar refractivity (Wildman–Crippen MR) is 99.8 cm³/mol. The molecule has 1 aliphatic heterocycles. The number of anilines is 1. The van der Waals surface area contributed by atoms with Gasteiger partial charge in [-0.25, -0.2) is 9.18 Å². The number of aliphatic carboxylic acids is 1. The number of methoxy groups -OCH3 is 1. The first kappa shape index (κ1) is 20.9. The molecule has 29 heavy (non-hydrogen) atoms. The first-order chi connectivity index (χ1) is 13.5. The Bertz CT molecular complexity index is 998. The maximum absolute atomic E-state index is 13.6. The monoisotopic (exact) mass is 409 g/mol. The van der Waals surface area contributed by atoms with Crippen molar-refractivity contribution in [2.75, 3.05) is 12.0 Å². The second-order valence-corrected chi connectivity index (χ2v) is 6.87. The smallest absolute Gasteiger partial charge is 0.416 e. The molecule has 0 aromatic heterocycles. The molecular weight excluding hydrogens is 390 g/mol. The van der Waals surface area contributed by atoms with E-state index in [2.05, 4.69) is 0 Å². The van der Waals surface area contributed by atoms with Gasteiger partial charge in [0.2, 0.25) is 0 Å². The van der Waals surface area contributed by atoms with Crippen molar-refractivity contribution in [3.63, 3.8) is 0 Å². The van der Waals surface area contributed by atoms with Crippen LogP contribution >= 0.6 is 0 Å². The number of fused-ring (bicyclic) bond motifs is 1. The van der Waals surface area contributed by atoms with Crippen LogP contribution in [0.4, 0.5) is 23.2 Å². The zero-order valence-electron chi connectivity index (χ0n) is 16.0. The number of halogens is 4. The van der Waals surface area contributed by atoms with Gasteiger partial charge < -0.3 is 14.7 Å². The summed E-state index contributed by atoms with van der Waals surface area (Å²) in [6.45, 7) is 3.16. The number of carboxylic acids is 1. The highest BCUT2D eigenvalue weighted by atomic mass is 19.4. The fourth-order valence-corrected chi connectivity index (χ4v) is 3.56. The van der Waals surface area contributed by atoms with Crippen molar-refractivity contribution in [3.05, 3.63) is 70.0 Å². The molecule has 0 saturated heterocycles. The summed E-state index contributed by atoms with van der Waals surface area (Å²) in [5.74, 6) is -1.63. The van der Waals surface area contributed by atoms with Gasteiger partial charge in [-0.15, -0.1) is 0 Å². The van der Waals surface area contributed by atoms with Crippen molar-refractivity contribution in [1.82, 2.24) is 0 Å². The van der Waals surface area contributed by atoms with E-state index in [0.29, 0.717) is 22.3 Å². The highest BCUT2D eigenvalue weighted by molar-refractivity contribution is 6.01. The van der Waals surface area contributed by atoms with E-state index in [-0.39, 0.29) is 17.8 Å². The lowest BCUT2D eigenvalue weighted by molar-refractivity contribution is -0.137. The molecule has 0 spiro atoms. The number of aryl methyl sites for hydroxylation is 1. The number of carbonyl (C=O) groups is 1. The van der Waals surface area contributed by atoms with E-state index < -0.39 is 29.8 Å². The van der Waals surface area contributed by atoms with Crippen LogP contribution in [0.2, 0.25) is 0 Å². The average molecular weight is 409 g/mol. The molecule has 2 aromatic rings. The van der Waals surface area contributed by atoms with Crippen LogP contribution in [0.1, 0.15) is 29.2 Å². The van der Waals surface area contributed by atoms with Crippen LogP contribution in [0, 0.1) is 12.7 Å². The molecular formula is C21H19F4NO3. The van der Waals surface area contributed by atoms with Crippen molar-refractivity contribution in [1.29, 1.82) is 0 Å². The molecule has 0 radical (unpaired) electrons. The van der Waals surface area contributed by atoms with Crippen LogP contribution in [0.15, 0.2) is 42.0 Å². The quantitative estimate of drug-likeness (QED) is 0.722. The maximum Gasteiger partial charge on any atom is 0.416 e. The van der Waals surface area contributed by atoms with Crippen LogP contribution in [0.25, 0.3) is 5.57 Å². The number of benzene rings is 2. The van der Waals surface area contributed by atoms with Crippen molar-refractivity contribution in [3.8, 4) is 0 Å². The maximum atomic E-state index is 13.6. The number of allylic oxidation sites excluding steroid dienone is 1. The molecule has 1 heterocycles. The minimum absolute atomic E-state index is 0.0397. The molecule has 3 rings (SSSR count). The highest BCUT2D eigenvalue weighted by Crippen LogP contribution is 2.42. The van der Waals surface area contributed by atoms with Gasteiger partial charge in [-0.1, -0.05) is 18.2 Å². The first-order valence-corrected chi connectivity index (χ1v) is 8.74. The number of hydrogen-bond donors (Lipinski definition) is 1. The Morgan fingerprint density at radius 3 is 2.41 bits per heavy atom.